The van der Waals surface area contributed by atoms with Gasteiger partial charge in [-0.25, -0.2) is 9.36 Å². The van der Waals surface area contributed by atoms with Gasteiger partial charge in [0.15, 0.2) is 0 Å². The Hall–Kier alpha value is -2.67. The lowest BCUT2D eigenvalue weighted by Crippen LogP contribution is -2.47. The van der Waals surface area contributed by atoms with Crippen LogP contribution in [0.5, 0.6) is 0 Å². The molecule has 0 bridgehead atoms. The van der Waals surface area contributed by atoms with Gasteiger partial charge in [0.25, 0.3) is 5.56 Å². The second-order valence-corrected chi connectivity index (χ2v) is 9.05. The van der Waals surface area contributed by atoms with Gasteiger partial charge in [0.2, 0.25) is 5.91 Å². The van der Waals surface area contributed by atoms with Crippen LogP contribution in [0.3, 0.4) is 0 Å². The van der Waals surface area contributed by atoms with E-state index in [1.165, 1.54) is 11.3 Å². The highest BCUT2D eigenvalue weighted by molar-refractivity contribution is 7.17. The molecule has 1 N–H and O–H groups in total. The molecule has 7 heteroatoms. The smallest absolute Gasteiger partial charge is 0.332 e. The van der Waals surface area contributed by atoms with Gasteiger partial charge in [-0.1, -0.05) is 43.7 Å². The fraction of sp³-hybridized carbons (Fsp3) is 0.409. The molecule has 0 aliphatic carbocycles. The van der Waals surface area contributed by atoms with Crippen LogP contribution in [0.2, 0.25) is 0 Å². The number of rotatable bonds is 6. The van der Waals surface area contributed by atoms with Crippen LogP contribution in [-0.4, -0.2) is 20.6 Å². The van der Waals surface area contributed by atoms with Crippen molar-refractivity contribution in [2.24, 2.45) is 0 Å². The monoisotopic (exact) mass is 413 g/mol. The lowest BCUT2D eigenvalue weighted by atomic mass is 10.1. The molecule has 0 spiro atoms. The quantitative estimate of drug-likeness (QED) is 0.671. The molecule has 3 aromatic rings. The first-order valence-electron chi connectivity index (χ1n) is 9.84. The van der Waals surface area contributed by atoms with Crippen LogP contribution in [0.1, 0.15) is 40.5 Å². The third-order valence-electron chi connectivity index (χ3n) is 4.57. The van der Waals surface area contributed by atoms with Crippen LogP contribution in [-0.2, 0) is 17.9 Å². The van der Waals surface area contributed by atoms with E-state index in [-0.39, 0.29) is 12.5 Å². The van der Waals surface area contributed by atoms with Crippen molar-refractivity contribution in [2.75, 3.05) is 0 Å². The summed E-state index contributed by atoms with van der Waals surface area (Å²) in [5.41, 5.74) is 1.23. The van der Waals surface area contributed by atoms with Gasteiger partial charge in [-0.15, -0.1) is 11.3 Å². The predicted molar refractivity (Wildman–Crippen MR) is 119 cm³/mol. The van der Waals surface area contributed by atoms with Crippen molar-refractivity contribution in [1.29, 1.82) is 0 Å². The van der Waals surface area contributed by atoms with E-state index >= 15 is 0 Å². The van der Waals surface area contributed by atoms with E-state index in [1.54, 1.807) is 4.57 Å². The molecule has 0 fully saturated rings. The lowest BCUT2D eigenvalue weighted by Gasteiger charge is -2.21. The summed E-state index contributed by atoms with van der Waals surface area (Å²) >= 11 is 1.32. The largest absolute Gasteiger partial charge is 0.350 e. The summed E-state index contributed by atoms with van der Waals surface area (Å²) in [5.74, 6) is -0.349. The summed E-state index contributed by atoms with van der Waals surface area (Å²) in [6.45, 7) is 7.87. The summed E-state index contributed by atoms with van der Waals surface area (Å²) < 4.78 is 3.22. The number of carbonyl (C=O) groups excluding carboxylic acids is 1. The number of thiophene rings is 1. The molecule has 0 aliphatic rings. The second kappa shape index (κ2) is 8.37. The fourth-order valence-corrected chi connectivity index (χ4v) is 4.34. The Morgan fingerprint density at radius 3 is 2.41 bits per heavy atom. The number of carbonyl (C=O) groups is 1. The van der Waals surface area contributed by atoms with Crippen LogP contribution in [0, 0.1) is 0 Å². The zero-order chi connectivity index (χ0) is 21.2. The molecule has 2 heterocycles. The highest BCUT2D eigenvalue weighted by Crippen LogP contribution is 2.31. The van der Waals surface area contributed by atoms with E-state index in [2.05, 4.69) is 12.2 Å². The maximum atomic E-state index is 13.2. The molecule has 6 nitrogen and oxygen atoms in total. The molecule has 2 aromatic heterocycles. The predicted octanol–water partition coefficient (Wildman–Crippen LogP) is 3.61. The number of aromatic nitrogens is 2. The summed E-state index contributed by atoms with van der Waals surface area (Å²) in [4.78, 5) is 38.7. The SMILES string of the molecule is CCCCn1c(=O)n(CC(=O)NC(C)(C)C)c(=O)c2scc(-c3ccccc3)c21. The van der Waals surface area contributed by atoms with Crippen molar-refractivity contribution in [3.8, 4) is 11.1 Å². The van der Waals surface area contributed by atoms with Crippen molar-refractivity contribution >= 4 is 27.5 Å². The van der Waals surface area contributed by atoms with Gasteiger partial charge in [0.05, 0.1) is 5.52 Å². The average molecular weight is 414 g/mol. The number of hydrogen-bond donors (Lipinski definition) is 1. The molecule has 1 amide bonds. The Balaban J connectivity index is 2.19. The first kappa shape index (κ1) is 21.0. The van der Waals surface area contributed by atoms with E-state index in [0.29, 0.717) is 16.8 Å². The van der Waals surface area contributed by atoms with Crippen molar-refractivity contribution in [3.63, 3.8) is 0 Å². The van der Waals surface area contributed by atoms with Crippen molar-refractivity contribution in [1.82, 2.24) is 14.5 Å². The highest BCUT2D eigenvalue weighted by atomic mass is 32.1. The fourth-order valence-electron chi connectivity index (χ4n) is 3.31. The number of fused-ring (bicyclic) bond motifs is 1. The number of aryl methyl sites for hydroxylation is 1. The Morgan fingerprint density at radius 1 is 1.10 bits per heavy atom. The number of nitrogens with zero attached hydrogens (tertiary/aromatic N) is 2. The first-order valence-corrected chi connectivity index (χ1v) is 10.7. The van der Waals surface area contributed by atoms with Crippen molar-refractivity contribution in [2.45, 2.75) is 59.2 Å². The standard InChI is InChI=1S/C22H27N3O3S/c1-5-6-12-24-18-16(15-10-8-7-9-11-15)14-29-19(18)20(27)25(21(24)28)13-17(26)23-22(2,3)4/h7-11,14H,5-6,12-13H2,1-4H3,(H,23,26). The minimum Gasteiger partial charge on any atom is -0.350 e. The Bertz CT molecular complexity index is 1130. The highest BCUT2D eigenvalue weighted by Gasteiger charge is 2.21. The molecule has 29 heavy (non-hydrogen) atoms. The molecular weight excluding hydrogens is 386 g/mol. The minimum atomic E-state index is -0.435. The van der Waals surface area contributed by atoms with Gasteiger partial charge in [-0.2, -0.15) is 0 Å². The van der Waals surface area contributed by atoms with E-state index in [4.69, 9.17) is 0 Å². The van der Waals surface area contributed by atoms with Crippen LogP contribution in [0.15, 0.2) is 45.3 Å². The summed E-state index contributed by atoms with van der Waals surface area (Å²) in [6, 6.07) is 9.75. The van der Waals surface area contributed by atoms with Crippen LogP contribution >= 0.6 is 11.3 Å². The maximum Gasteiger partial charge on any atom is 0.332 e. The number of hydrogen-bond acceptors (Lipinski definition) is 4. The van der Waals surface area contributed by atoms with Gasteiger partial charge in [-0.3, -0.25) is 14.2 Å². The number of amides is 1. The Labute approximate surface area is 173 Å². The van der Waals surface area contributed by atoms with Gasteiger partial charge in [-0.05, 0) is 32.8 Å². The average Bonchev–Trinajstić information content (AvgIpc) is 3.09. The lowest BCUT2D eigenvalue weighted by molar-refractivity contribution is -0.123. The van der Waals surface area contributed by atoms with E-state index in [1.807, 2.05) is 56.5 Å². The Morgan fingerprint density at radius 2 is 1.79 bits per heavy atom. The summed E-state index contributed by atoms with van der Waals surface area (Å²) in [5, 5.41) is 4.74. The summed E-state index contributed by atoms with van der Waals surface area (Å²) in [7, 11) is 0. The zero-order valence-electron chi connectivity index (χ0n) is 17.3. The molecule has 3 rings (SSSR count). The van der Waals surface area contributed by atoms with Crippen LogP contribution < -0.4 is 16.6 Å². The van der Waals surface area contributed by atoms with Crippen molar-refractivity contribution < 1.29 is 4.79 Å². The number of nitrogens with one attached hydrogen (secondary N) is 1. The molecule has 0 saturated carbocycles. The van der Waals surface area contributed by atoms with Gasteiger partial charge in [0, 0.05) is 23.0 Å². The molecule has 1 aromatic carbocycles. The molecule has 0 atom stereocenters. The number of unbranched alkanes of at least 4 members (excludes halogenated alkanes) is 1. The molecule has 0 radical (unpaired) electrons. The normalized spacial score (nSPS) is 11.7. The Kier molecular flexibility index (Phi) is 6.07. The van der Waals surface area contributed by atoms with Gasteiger partial charge < -0.3 is 5.32 Å². The van der Waals surface area contributed by atoms with Crippen LogP contribution in [0.25, 0.3) is 21.3 Å². The zero-order valence-corrected chi connectivity index (χ0v) is 18.1. The maximum absolute atomic E-state index is 13.2. The van der Waals surface area contributed by atoms with Gasteiger partial charge >= 0.3 is 5.69 Å². The summed E-state index contributed by atoms with van der Waals surface area (Å²) in [6.07, 6.45) is 1.73. The molecule has 154 valence electrons. The molecule has 0 unspecified atom stereocenters. The second-order valence-electron chi connectivity index (χ2n) is 8.17. The molecular formula is C22H27N3O3S. The number of benzene rings is 1. The topological polar surface area (TPSA) is 73.1 Å². The molecule has 0 aliphatic heterocycles. The van der Waals surface area contributed by atoms with Crippen LogP contribution in [0.4, 0.5) is 0 Å². The third kappa shape index (κ3) is 4.50. The van der Waals surface area contributed by atoms with Crippen molar-refractivity contribution in [3.05, 3.63) is 56.5 Å². The van der Waals surface area contributed by atoms with E-state index in [0.717, 1.165) is 28.5 Å². The molecule has 0 saturated heterocycles. The van der Waals surface area contributed by atoms with E-state index in [9.17, 15) is 14.4 Å². The minimum absolute atomic E-state index is 0.282. The first-order chi connectivity index (χ1) is 13.7. The van der Waals surface area contributed by atoms with E-state index < -0.39 is 16.8 Å². The van der Waals surface area contributed by atoms with Gasteiger partial charge in [0.1, 0.15) is 11.2 Å². The third-order valence-corrected chi connectivity index (χ3v) is 5.53.